The van der Waals surface area contributed by atoms with Gasteiger partial charge in [-0.25, -0.2) is 0 Å². The lowest BCUT2D eigenvalue weighted by Gasteiger charge is -2.31. The number of hydrogen-bond acceptors (Lipinski definition) is 2. The lowest BCUT2D eigenvalue weighted by atomic mass is 10.1. The predicted octanol–water partition coefficient (Wildman–Crippen LogP) is 3.12. The fourth-order valence-corrected chi connectivity index (χ4v) is 3.62. The third-order valence-electron chi connectivity index (χ3n) is 4.87. The highest BCUT2D eigenvalue weighted by Gasteiger charge is 2.24. The minimum atomic E-state index is 0.136. The van der Waals surface area contributed by atoms with Crippen molar-refractivity contribution in [3.63, 3.8) is 0 Å². The minimum absolute atomic E-state index is 0.136. The Bertz CT molecular complexity index is 885. The molecule has 1 amide bonds. The van der Waals surface area contributed by atoms with Gasteiger partial charge in [0, 0.05) is 49.3 Å². The van der Waals surface area contributed by atoms with Gasteiger partial charge in [0.25, 0.3) is 5.91 Å². The number of aromatic nitrogens is 1. The summed E-state index contributed by atoms with van der Waals surface area (Å²) in [5, 5.41) is 4.43. The van der Waals surface area contributed by atoms with Crippen LogP contribution >= 0.6 is 0 Å². The van der Waals surface area contributed by atoms with Crippen molar-refractivity contribution in [2.75, 3.05) is 19.6 Å². The van der Waals surface area contributed by atoms with Crippen molar-refractivity contribution < 1.29 is 4.79 Å². The first-order chi connectivity index (χ1) is 12.2. The van der Waals surface area contributed by atoms with Crippen LogP contribution in [0.15, 0.2) is 60.8 Å². The smallest absolute Gasteiger partial charge is 0.256 e. The Hall–Kier alpha value is -2.59. The molecule has 0 saturated carbocycles. The molecule has 2 heterocycles. The molecule has 4 nitrogen and oxygen atoms in total. The molecule has 128 valence electrons. The van der Waals surface area contributed by atoms with Gasteiger partial charge in [-0.1, -0.05) is 48.5 Å². The van der Waals surface area contributed by atoms with E-state index in [1.807, 2.05) is 29.3 Å². The summed E-state index contributed by atoms with van der Waals surface area (Å²) in [6, 6.07) is 18.9. The number of para-hydroxylation sites is 1. The molecule has 1 saturated heterocycles. The first-order valence-corrected chi connectivity index (χ1v) is 8.87. The third-order valence-corrected chi connectivity index (χ3v) is 4.87. The van der Waals surface area contributed by atoms with Gasteiger partial charge in [0.2, 0.25) is 0 Å². The maximum absolute atomic E-state index is 13.1. The van der Waals surface area contributed by atoms with Crippen molar-refractivity contribution in [2.45, 2.75) is 19.5 Å². The second-order valence-corrected chi connectivity index (χ2v) is 6.78. The average Bonchev–Trinajstić information content (AvgIpc) is 3.01. The standard InChI is InChI=1S/C21H23N3O/c1-16-13-23(12-11-22-16)21(25)19-15-24(14-17-7-3-2-4-8-17)20-10-6-5-9-18(19)20/h2-10,15-16,22H,11-14H2,1H3/t16-/m1/s1. The number of amides is 1. The van der Waals surface area contributed by atoms with Crippen molar-refractivity contribution in [3.8, 4) is 0 Å². The lowest BCUT2D eigenvalue weighted by Crippen LogP contribution is -2.51. The van der Waals surface area contributed by atoms with Gasteiger partial charge in [-0.15, -0.1) is 0 Å². The largest absolute Gasteiger partial charge is 0.342 e. The maximum atomic E-state index is 13.1. The summed E-state index contributed by atoms with van der Waals surface area (Å²) < 4.78 is 2.18. The zero-order chi connectivity index (χ0) is 17.2. The van der Waals surface area contributed by atoms with E-state index in [0.717, 1.165) is 42.6 Å². The van der Waals surface area contributed by atoms with Gasteiger partial charge in [-0.05, 0) is 18.6 Å². The average molecular weight is 333 g/mol. The van der Waals surface area contributed by atoms with E-state index < -0.39 is 0 Å². The summed E-state index contributed by atoms with van der Waals surface area (Å²) in [4.78, 5) is 15.1. The van der Waals surface area contributed by atoms with Crippen LogP contribution in [0.5, 0.6) is 0 Å². The van der Waals surface area contributed by atoms with E-state index >= 15 is 0 Å². The van der Waals surface area contributed by atoms with Crippen LogP contribution in [-0.2, 0) is 6.54 Å². The summed E-state index contributed by atoms with van der Waals surface area (Å²) in [6.07, 6.45) is 2.02. The Morgan fingerprint density at radius 1 is 1.12 bits per heavy atom. The number of hydrogen-bond donors (Lipinski definition) is 1. The molecule has 25 heavy (non-hydrogen) atoms. The van der Waals surface area contributed by atoms with Crippen molar-refractivity contribution in [1.29, 1.82) is 0 Å². The Morgan fingerprint density at radius 2 is 1.88 bits per heavy atom. The zero-order valence-corrected chi connectivity index (χ0v) is 14.5. The van der Waals surface area contributed by atoms with Gasteiger partial charge in [-0.3, -0.25) is 4.79 Å². The summed E-state index contributed by atoms with van der Waals surface area (Å²) in [5.41, 5.74) is 3.15. The molecule has 0 aliphatic carbocycles. The Kier molecular flexibility index (Phi) is 4.28. The van der Waals surface area contributed by atoms with E-state index in [1.54, 1.807) is 0 Å². The highest BCUT2D eigenvalue weighted by molar-refractivity contribution is 6.07. The zero-order valence-electron chi connectivity index (χ0n) is 14.5. The molecule has 0 bridgehead atoms. The first kappa shape index (κ1) is 15.9. The number of fused-ring (bicyclic) bond motifs is 1. The predicted molar refractivity (Wildman–Crippen MR) is 101 cm³/mol. The lowest BCUT2D eigenvalue weighted by molar-refractivity contribution is 0.0711. The molecular formula is C21H23N3O. The molecule has 2 aromatic carbocycles. The fraction of sp³-hybridized carbons (Fsp3) is 0.286. The summed E-state index contributed by atoms with van der Waals surface area (Å²) >= 11 is 0. The van der Waals surface area contributed by atoms with Gasteiger partial charge < -0.3 is 14.8 Å². The van der Waals surface area contributed by atoms with Crippen molar-refractivity contribution in [1.82, 2.24) is 14.8 Å². The third kappa shape index (κ3) is 3.17. The fourth-order valence-electron chi connectivity index (χ4n) is 3.62. The molecule has 4 rings (SSSR count). The van der Waals surface area contributed by atoms with E-state index in [-0.39, 0.29) is 5.91 Å². The molecule has 1 aliphatic heterocycles. The molecule has 0 spiro atoms. The van der Waals surface area contributed by atoms with Crippen molar-refractivity contribution in [3.05, 3.63) is 71.9 Å². The van der Waals surface area contributed by atoms with Crippen LogP contribution in [0, 0.1) is 0 Å². The van der Waals surface area contributed by atoms with E-state index in [1.165, 1.54) is 5.56 Å². The molecule has 1 aromatic heterocycles. The van der Waals surface area contributed by atoms with Gasteiger partial charge in [0.05, 0.1) is 5.56 Å². The van der Waals surface area contributed by atoms with Gasteiger partial charge >= 0.3 is 0 Å². The van der Waals surface area contributed by atoms with Crippen LogP contribution < -0.4 is 5.32 Å². The molecule has 3 aromatic rings. The van der Waals surface area contributed by atoms with Crippen LogP contribution in [0.1, 0.15) is 22.8 Å². The van der Waals surface area contributed by atoms with Crippen LogP contribution in [0.25, 0.3) is 10.9 Å². The Labute approximate surface area is 148 Å². The van der Waals surface area contributed by atoms with Crippen LogP contribution in [-0.4, -0.2) is 41.1 Å². The van der Waals surface area contributed by atoms with Crippen LogP contribution in [0.4, 0.5) is 0 Å². The number of benzene rings is 2. The van der Waals surface area contributed by atoms with Gasteiger partial charge in [-0.2, -0.15) is 0 Å². The van der Waals surface area contributed by atoms with Crippen LogP contribution in [0.3, 0.4) is 0 Å². The molecule has 1 aliphatic rings. The van der Waals surface area contributed by atoms with E-state index in [9.17, 15) is 4.79 Å². The summed E-state index contributed by atoms with van der Waals surface area (Å²) in [7, 11) is 0. The number of rotatable bonds is 3. The molecule has 1 N–H and O–H groups in total. The molecule has 1 fully saturated rings. The number of piperazine rings is 1. The van der Waals surface area contributed by atoms with Gasteiger partial charge in [0.1, 0.15) is 0 Å². The normalized spacial score (nSPS) is 17.8. The monoisotopic (exact) mass is 333 g/mol. The minimum Gasteiger partial charge on any atom is -0.342 e. The number of nitrogens with one attached hydrogen (secondary N) is 1. The Balaban J connectivity index is 1.71. The first-order valence-electron chi connectivity index (χ1n) is 8.87. The second-order valence-electron chi connectivity index (χ2n) is 6.78. The molecule has 4 heteroatoms. The summed E-state index contributed by atoms with van der Waals surface area (Å²) in [5.74, 6) is 0.136. The molecule has 0 radical (unpaired) electrons. The SMILES string of the molecule is C[C@@H]1CN(C(=O)c2cn(Cc3ccccc3)c3ccccc23)CCN1. The number of carbonyl (C=O) groups is 1. The highest BCUT2D eigenvalue weighted by Crippen LogP contribution is 2.24. The van der Waals surface area contributed by atoms with E-state index in [0.29, 0.717) is 6.04 Å². The Morgan fingerprint density at radius 3 is 2.68 bits per heavy atom. The highest BCUT2D eigenvalue weighted by atomic mass is 16.2. The second kappa shape index (κ2) is 6.73. The van der Waals surface area contributed by atoms with Crippen molar-refractivity contribution >= 4 is 16.8 Å². The van der Waals surface area contributed by atoms with Crippen LogP contribution in [0.2, 0.25) is 0 Å². The number of carbonyl (C=O) groups excluding carboxylic acids is 1. The van der Waals surface area contributed by atoms with Crippen molar-refractivity contribution in [2.24, 2.45) is 0 Å². The quantitative estimate of drug-likeness (QED) is 0.800. The maximum Gasteiger partial charge on any atom is 0.256 e. The molecular weight excluding hydrogens is 310 g/mol. The topological polar surface area (TPSA) is 37.3 Å². The molecule has 0 unspecified atom stereocenters. The number of nitrogens with zero attached hydrogens (tertiary/aromatic N) is 2. The molecule has 1 atom stereocenters. The van der Waals surface area contributed by atoms with E-state index in [4.69, 9.17) is 0 Å². The van der Waals surface area contributed by atoms with Gasteiger partial charge in [0.15, 0.2) is 0 Å². The summed E-state index contributed by atoms with van der Waals surface area (Å²) in [6.45, 7) is 5.28. The van der Waals surface area contributed by atoms with E-state index in [2.05, 4.69) is 53.2 Å².